The van der Waals surface area contributed by atoms with Gasteiger partial charge in [0.15, 0.2) is 0 Å². The van der Waals surface area contributed by atoms with Gasteiger partial charge in [-0.1, -0.05) is 0 Å². The second kappa shape index (κ2) is 3.90. The summed E-state index contributed by atoms with van der Waals surface area (Å²) in [6.45, 7) is 9.18. The van der Waals surface area contributed by atoms with Gasteiger partial charge < -0.3 is 9.84 Å². The largest absolute Gasteiger partial charge is 0.481 e. The van der Waals surface area contributed by atoms with Gasteiger partial charge in [0.1, 0.15) is 0 Å². The van der Waals surface area contributed by atoms with Gasteiger partial charge in [-0.15, -0.1) is 0 Å². The molecule has 0 spiro atoms. The molecule has 1 N–H and O–H groups in total. The van der Waals surface area contributed by atoms with Crippen molar-refractivity contribution < 1.29 is 14.6 Å². The number of hydrogen-bond acceptors (Lipinski definition) is 2. The van der Waals surface area contributed by atoms with Crippen LogP contribution < -0.4 is 0 Å². The Morgan fingerprint density at radius 2 is 1.75 bits per heavy atom. The number of carbonyl (C=O) groups is 1. The lowest BCUT2D eigenvalue weighted by Gasteiger charge is -2.27. The summed E-state index contributed by atoms with van der Waals surface area (Å²) in [5.74, 6) is -1.27. The first-order chi connectivity index (χ1) is 5.24. The van der Waals surface area contributed by atoms with E-state index < -0.39 is 11.9 Å². The van der Waals surface area contributed by atoms with Crippen molar-refractivity contribution in [1.82, 2.24) is 0 Å². The molecule has 12 heavy (non-hydrogen) atoms. The van der Waals surface area contributed by atoms with Crippen LogP contribution in [0.1, 0.15) is 34.6 Å². The summed E-state index contributed by atoms with van der Waals surface area (Å²) < 4.78 is 5.48. The van der Waals surface area contributed by atoms with Crippen molar-refractivity contribution in [2.45, 2.75) is 46.3 Å². The molecule has 0 rings (SSSR count). The molecule has 1 unspecified atom stereocenters. The van der Waals surface area contributed by atoms with Gasteiger partial charge in [0.25, 0.3) is 0 Å². The lowest BCUT2D eigenvalue weighted by Crippen LogP contribution is -2.33. The molecule has 0 bridgehead atoms. The van der Waals surface area contributed by atoms with Crippen LogP contribution >= 0.6 is 0 Å². The molecule has 3 nitrogen and oxygen atoms in total. The van der Waals surface area contributed by atoms with Crippen LogP contribution in [0.2, 0.25) is 0 Å². The molecule has 0 aromatic rings. The maximum atomic E-state index is 10.5. The summed E-state index contributed by atoms with van der Waals surface area (Å²) in [4.78, 5) is 10.5. The zero-order valence-electron chi connectivity index (χ0n) is 8.42. The minimum absolute atomic E-state index is 0.248. The van der Waals surface area contributed by atoms with Gasteiger partial charge in [0.2, 0.25) is 0 Å². The van der Waals surface area contributed by atoms with E-state index in [4.69, 9.17) is 9.84 Å². The number of hydrogen-bond donors (Lipinski definition) is 1. The van der Waals surface area contributed by atoms with Crippen LogP contribution in [0.5, 0.6) is 0 Å². The topological polar surface area (TPSA) is 46.5 Å². The maximum absolute atomic E-state index is 10.5. The van der Waals surface area contributed by atoms with Crippen molar-refractivity contribution in [3.63, 3.8) is 0 Å². The molecule has 0 amide bonds. The SMILES string of the molecule is CC(OC(C)(C)C)[C@H](C)C(=O)O. The minimum atomic E-state index is -0.813. The highest BCUT2D eigenvalue weighted by Crippen LogP contribution is 2.16. The van der Waals surface area contributed by atoms with Gasteiger partial charge in [-0.05, 0) is 34.6 Å². The third-order valence-electron chi connectivity index (χ3n) is 1.63. The summed E-state index contributed by atoms with van der Waals surface area (Å²) in [5.41, 5.74) is -0.275. The predicted molar refractivity (Wildman–Crippen MR) is 47.1 cm³/mol. The van der Waals surface area contributed by atoms with Crippen molar-refractivity contribution in [1.29, 1.82) is 0 Å². The van der Waals surface area contributed by atoms with Gasteiger partial charge in [0, 0.05) is 0 Å². The highest BCUT2D eigenvalue weighted by Gasteiger charge is 2.24. The van der Waals surface area contributed by atoms with Crippen LogP contribution in [-0.4, -0.2) is 22.8 Å². The molecule has 0 aliphatic carbocycles. The Balaban J connectivity index is 4.04. The number of carboxylic acid groups (broad SMARTS) is 1. The van der Waals surface area contributed by atoms with E-state index in [1.165, 1.54) is 0 Å². The minimum Gasteiger partial charge on any atom is -0.481 e. The van der Waals surface area contributed by atoms with E-state index in [1.807, 2.05) is 20.8 Å². The number of ether oxygens (including phenoxy) is 1. The van der Waals surface area contributed by atoms with Crippen molar-refractivity contribution in [3.8, 4) is 0 Å². The Hall–Kier alpha value is -0.570. The number of aliphatic carboxylic acids is 1. The van der Waals surface area contributed by atoms with Crippen LogP contribution in [0.25, 0.3) is 0 Å². The third kappa shape index (κ3) is 4.34. The van der Waals surface area contributed by atoms with Gasteiger partial charge >= 0.3 is 5.97 Å². The number of rotatable bonds is 3. The number of carboxylic acids is 1. The quantitative estimate of drug-likeness (QED) is 0.711. The fraction of sp³-hybridized carbons (Fsp3) is 0.889. The molecule has 0 aliphatic heterocycles. The molecule has 2 atom stereocenters. The molecule has 0 aliphatic rings. The Morgan fingerprint density at radius 1 is 1.33 bits per heavy atom. The van der Waals surface area contributed by atoms with E-state index in [9.17, 15) is 4.79 Å². The first kappa shape index (κ1) is 11.4. The zero-order valence-corrected chi connectivity index (χ0v) is 8.42. The molecule has 0 saturated carbocycles. The van der Waals surface area contributed by atoms with Crippen LogP contribution in [0.15, 0.2) is 0 Å². The summed E-state index contributed by atoms with van der Waals surface area (Å²) in [5, 5.41) is 8.67. The molecular weight excluding hydrogens is 156 g/mol. The molecule has 3 heteroatoms. The van der Waals surface area contributed by atoms with Crippen molar-refractivity contribution >= 4 is 5.97 Å². The lowest BCUT2D eigenvalue weighted by atomic mass is 10.1. The monoisotopic (exact) mass is 174 g/mol. The fourth-order valence-electron chi connectivity index (χ4n) is 0.861. The highest BCUT2D eigenvalue weighted by atomic mass is 16.5. The van der Waals surface area contributed by atoms with Crippen molar-refractivity contribution in [3.05, 3.63) is 0 Å². The summed E-state index contributed by atoms with van der Waals surface area (Å²) in [7, 11) is 0. The summed E-state index contributed by atoms with van der Waals surface area (Å²) in [6.07, 6.45) is -0.248. The Morgan fingerprint density at radius 3 is 2.00 bits per heavy atom. The molecular formula is C9H18O3. The van der Waals surface area contributed by atoms with Gasteiger partial charge in [-0.3, -0.25) is 4.79 Å². The first-order valence-corrected chi connectivity index (χ1v) is 4.14. The standard InChI is InChI=1S/C9H18O3/c1-6(8(10)11)7(2)12-9(3,4)5/h6-7H,1-5H3,(H,10,11)/t6-,7?/m0/s1. The molecule has 0 saturated heterocycles. The summed E-state index contributed by atoms with van der Waals surface area (Å²) >= 11 is 0. The Kier molecular flexibility index (Phi) is 3.71. The van der Waals surface area contributed by atoms with Gasteiger partial charge in [-0.2, -0.15) is 0 Å². The van der Waals surface area contributed by atoms with Crippen LogP contribution in [-0.2, 0) is 9.53 Å². The van der Waals surface area contributed by atoms with Crippen LogP contribution in [0.4, 0.5) is 0 Å². The predicted octanol–water partition coefficient (Wildman–Crippen LogP) is 1.91. The third-order valence-corrected chi connectivity index (χ3v) is 1.63. The molecule has 0 heterocycles. The summed E-state index contributed by atoms with van der Waals surface area (Å²) in [6, 6.07) is 0. The Bertz CT molecular complexity index is 158. The van der Waals surface area contributed by atoms with Crippen LogP contribution in [0.3, 0.4) is 0 Å². The van der Waals surface area contributed by atoms with Crippen molar-refractivity contribution in [2.75, 3.05) is 0 Å². The maximum Gasteiger partial charge on any atom is 0.308 e. The average molecular weight is 174 g/mol. The molecule has 0 aromatic carbocycles. The lowest BCUT2D eigenvalue weighted by molar-refractivity contribution is -0.150. The van der Waals surface area contributed by atoms with Crippen molar-refractivity contribution in [2.24, 2.45) is 5.92 Å². The molecule has 0 radical (unpaired) electrons. The Labute approximate surface area is 73.7 Å². The van der Waals surface area contributed by atoms with E-state index in [0.717, 1.165) is 0 Å². The first-order valence-electron chi connectivity index (χ1n) is 4.14. The van der Waals surface area contributed by atoms with E-state index in [0.29, 0.717) is 0 Å². The molecule has 0 fully saturated rings. The molecule has 72 valence electrons. The van der Waals surface area contributed by atoms with Crippen LogP contribution in [0, 0.1) is 5.92 Å². The molecule has 0 aromatic heterocycles. The second-order valence-electron chi connectivity index (χ2n) is 4.06. The van der Waals surface area contributed by atoms with Gasteiger partial charge in [-0.25, -0.2) is 0 Å². The average Bonchev–Trinajstić information content (AvgIpc) is 1.82. The van der Waals surface area contributed by atoms with Gasteiger partial charge in [0.05, 0.1) is 17.6 Å². The smallest absolute Gasteiger partial charge is 0.308 e. The highest BCUT2D eigenvalue weighted by molar-refractivity contribution is 5.70. The normalized spacial score (nSPS) is 17.1. The second-order valence-corrected chi connectivity index (χ2v) is 4.06. The fourth-order valence-corrected chi connectivity index (χ4v) is 0.861. The van der Waals surface area contributed by atoms with E-state index in [-0.39, 0.29) is 11.7 Å². The van der Waals surface area contributed by atoms with E-state index >= 15 is 0 Å². The van der Waals surface area contributed by atoms with E-state index in [2.05, 4.69) is 0 Å². The van der Waals surface area contributed by atoms with E-state index in [1.54, 1.807) is 13.8 Å². The zero-order chi connectivity index (χ0) is 9.94.